The quantitative estimate of drug-likeness (QED) is 0.567. The zero-order chi connectivity index (χ0) is 11.5. The minimum atomic E-state index is -0.635. The van der Waals surface area contributed by atoms with Gasteiger partial charge in [-0.3, -0.25) is 0 Å². The fraction of sp³-hybridized carbons (Fsp3) is 0.308. The van der Waals surface area contributed by atoms with Crippen molar-refractivity contribution in [2.24, 2.45) is 5.92 Å². The largest absolute Gasteiger partial charge is 0.303 e. The summed E-state index contributed by atoms with van der Waals surface area (Å²) in [5, 5.41) is 0. The van der Waals surface area contributed by atoms with Crippen LogP contribution in [0.2, 0.25) is 0 Å². The van der Waals surface area contributed by atoms with E-state index in [2.05, 4.69) is 0 Å². The molecule has 2 atom stereocenters. The Morgan fingerprint density at radius 3 is 2.44 bits per heavy atom. The van der Waals surface area contributed by atoms with Crippen LogP contribution in [0.1, 0.15) is 24.3 Å². The summed E-state index contributed by atoms with van der Waals surface area (Å²) in [7, 11) is 0. The highest BCUT2D eigenvalue weighted by Crippen LogP contribution is 2.32. The molecule has 2 unspecified atom stereocenters. The molecule has 1 nitrogen and oxygen atoms in total. The smallest absolute Gasteiger partial charge is 0.128 e. The Balaban J connectivity index is 2.32. The minimum Gasteiger partial charge on any atom is -0.303 e. The maximum absolute atomic E-state index is 13.0. The molecule has 0 heterocycles. The molecule has 3 heteroatoms. The molecular formula is C13H12F2O. The number of allylic oxidation sites excluding steroid dienone is 2. The molecular weight excluding hydrogens is 210 g/mol. The van der Waals surface area contributed by atoms with Gasteiger partial charge in [0.05, 0.1) is 0 Å². The molecule has 1 aromatic carbocycles. The SMILES string of the molecule is O=CC(c1cc(F)cc(F)c1)C1C=CCC1. The molecule has 0 fully saturated rings. The van der Waals surface area contributed by atoms with Crippen molar-refractivity contribution in [2.75, 3.05) is 0 Å². The van der Waals surface area contributed by atoms with Gasteiger partial charge < -0.3 is 4.79 Å². The van der Waals surface area contributed by atoms with E-state index in [0.29, 0.717) is 5.56 Å². The number of aldehydes is 1. The summed E-state index contributed by atoms with van der Waals surface area (Å²) in [5.74, 6) is -1.64. The molecule has 0 amide bonds. The number of rotatable bonds is 3. The second-order valence-corrected chi connectivity index (χ2v) is 4.03. The fourth-order valence-electron chi connectivity index (χ4n) is 2.15. The molecule has 2 rings (SSSR count). The average Bonchev–Trinajstić information content (AvgIpc) is 2.70. The van der Waals surface area contributed by atoms with Gasteiger partial charge in [0.25, 0.3) is 0 Å². The minimum absolute atomic E-state index is 0.0682. The highest BCUT2D eigenvalue weighted by atomic mass is 19.1. The number of halogens is 2. The first-order valence-corrected chi connectivity index (χ1v) is 5.28. The van der Waals surface area contributed by atoms with Crippen molar-refractivity contribution in [2.45, 2.75) is 18.8 Å². The lowest BCUT2D eigenvalue weighted by Gasteiger charge is -2.16. The third kappa shape index (κ3) is 2.18. The van der Waals surface area contributed by atoms with Crippen LogP contribution in [0.25, 0.3) is 0 Å². The zero-order valence-corrected chi connectivity index (χ0v) is 8.70. The van der Waals surface area contributed by atoms with E-state index in [1.54, 1.807) is 0 Å². The second-order valence-electron chi connectivity index (χ2n) is 4.03. The molecule has 1 aliphatic carbocycles. The molecule has 0 saturated heterocycles. The third-order valence-electron chi connectivity index (χ3n) is 2.93. The zero-order valence-electron chi connectivity index (χ0n) is 8.70. The molecule has 1 aromatic rings. The Hall–Kier alpha value is -1.51. The lowest BCUT2D eigenvalue weighted by molar-refractivity contribution is -0.109. The summed E-state index contributed by atoms with van der Waals surface area (Å²) in [6.07, 6.45) is 6.50. The van der Waals surface area contributed by atoms with Crippen molar-refractivity contribution < 1.29 is 13.6 Å². The Labute approximate surface area is 92.8 Å². The number of benzene rings is 1. The van der Waals surface area contributed by atoms with E-state index in [9.17, 15) is 13.6 Å². The summed E-state index contributed by atoms with van der Waals surface area (Å²) >= 11 is 0. The number of carbonyl (C=O) groups excluding carboxylic acids is 1. The molecule has 0 saturated carbocycles. The predicted molar refractivity (Wildman–Crippen MR) is 57.0 cm³/mol. The second kappa shape index (κ2) is 4.56. The van der Waals surface area contributed by atoms with Gasteiger partial charge in [-0.05, 0) is 36.5 Å². The van der Waals surface area contributed by atoms with Crippen molar-refractivity contribution in [3.63, 3.8) is 0 Å². The van der Waals surface area contributed by atoms with Gasteiger partial charge in [0, 0.05) is 12.0 Å². The Bertz CT molecular complexity index is 406. The van der Waals surface area contributed by atoms with Crippen molar-refractivity contribution in [1.82, 2.24) is 0 Å². The van der Waals surface area contributed by atoms with Crippen LogP contribution in [0.5, 0.6) is 0 Å². The van der Waals surface area contributed by atoms with E-state index in [0.717, 1.165) is 25.2 Å². The highest BCUT2D eigenvalue weighted by Gasteiger charge is 2.23. The van der Waals surface area contributed by atoms with Gasteiger partial charge in [-0.2, -0.15) is 0 Å². The van der Waals surface area contributed by atoms with Crippen molar-refractivity contribution in [3.8, 4) is 0 Å². The standard InChI is InChI=1S/C13H12F2O/c14-11-5-10(6-12(15)7-11)13(8-16)9-3-1-2-4-9/h1,3,5-9,13H,2,4H2. The van der Waals surface area contributed by atoms with Crippen LogP contribution in [-0.2, 0) is 4.79 Å². The topological polar surface area (TPSA) is 17.1 Å². The predicted octanol–water partition coefficient (Wildman–Crippen LogP) is 3.21. The maximum Gasteiger partial charge on any atom is 0.128 e. The normalized spacial score (nSPS) is 21.0. The van der Waals surface area contributed by atoms with Gasteiger partial charge in [0.1, 0.15) is 17.9 Å². The molecule has 0 aromatic heterocycles. The summed E-state index contributed by atoms with van der Waals surface area (Å²) in [6.45, 7) is 0. The third-order valence-corrected chi connectivity index (χ3v) is 2.93. The first kappa shape index (κ1) is 11.0. The number of hydrogen-bond donors (Lipinski definition) is 0. The van der Waals surface area contributed by atoms with Crippen LogP contribution < -0.4 is 0 Å². The van der Waals surface area contributed by atoms with Crippen LogP contribution >= 0.6 is 0 Å². The molecule has 0 spiro atoms. The van der Waals surface area contributed by atoms with Gasteiger partial charge in [-0.25, -0.2) is 8.78 Å². The molecule has 16 heavy (non-hydrogen) atoms. The molecule has 84 valence electrons. The first-order chi connectivity index (χ1) is 7.70. The van der Waals surface area contributed by atoms with Crippen molar-refractivity contribution >= 4 is 6.29 Å². The van der Waals surface area contributed by atoms with Crippen LogP contribution in [0.3, 0.4) is 0 Å². The lowest BCUT2D eigenvalue weighted by Crippen LogP contribution is -2.11. The molecule has 0 radical (unpaired) electrons. The van der Waals surface area contributed by atoms with Crippen LogP contribution in [0.4, 0.5) is 8.78 Å². The van der Waals surface area contributed by atoms with Crippen LogP contribution in [-0.4, -0.2) is 6.29 Å². The molecule has 1 aliphatic rings. The van der Waals surface area contributed by atoms with Gasteiger partial charge >= 0.3 is 0 Å². The van der Waals surface area contributed by atoms with E-state index < -0.39 is 17.6 Å². The van der Waals surface area contributed by atoms with E-state index in [1.165, 1.54) is 12.1 Å². The van der Waals surface area contributed by atoms with E-state index >= 15 is 0 Å². The average molecular weight is 222 g/mol. The molecule has 0 aliphatic heterocycles. The van der Waals surface area contributed by atoms with Crippen molar-refractivity contribution in [1.29, 1.82) is 0 Å². The van der Waals surface area contributed by atoms with Crippen LogP contribution in [0, 0.1) is 17.6 Å². The number of carbonyl (C=O) groups is 1. The Kier molecular flexibility index (Phi) is 3.13. The van der Waals surface area contributed by atoms with E-state index in [4.69, 9.17) is 0 Å². The van der Waals surface area contributed by atoms with E-state index in [1.807, 2.05) is 12.2 Å². The monoisotopic (exact) mass is 222 g/mol. The van der Waals surface area contributed by atoms with Gasteiger partial charge in [-0.15, -0.1) is 0 Å². The Morgan fingerprint density at radius 2 is 1.94 bits per heavy atom. The van der Waals surface area contributed by atoms with Gasteiger partial charge in [0.15, 0.2) is 0 Å². The van der Waals surface area contributed by atoms with Crippen LogP contribution in [0.15, 0.2) is 30.4 Å². The van der Waals surface area contributed by atoms with Crippen molar-refractivity contribution in [3.05, 3.63) is 47.5 Å². The molecule has 0 bridgehead atoms. The van der Waals surface area contributed by atoms with Gasteiger partial charge in [-0.1, -0.05) is 12.2 Å². The number of hydrogen-bond acceptors (Lipinski definition) is 1. The van der Waals surface area contributed by atoms with E-state index in [-0.39, 0.29) is 5.92 Å². The summed E-state index contributed by atoms with van der Waals surface area (Å²) in [4.78, 5) is 11.0. The Morgan fingerprint density at radius 1 is 1.25 bits per heavy atom. The highest BCUT2D eigenvalue weighted by molar-refractivity contribution is 5.63. The maximum atomic E-state index is 13.0. The molecule has 0 N–H and O–H groups in total. The summed E-state index contributed by atoms with van der Waals surface area (Å²) in [5.41, 5.74) is 0.420. The fourth-order valence-corrected chi connectivity index (χ4v) is 2.15. The van der Waals surface area contributed by atoms with Gasteiger partial charge in [0.2, 0.25) is 0 Å². The first-order valence-electron chi connectivity index (χ1n) is 5.28. The summed E-state index contributed by atoms with van der Waals surface area (Å²) in [6, 6.07) is 3.28. The summed E-state index contributed by atoms with van der Waals surface area (Å²) < 4.78 is 26.1. The lowest BCUT2D eigenvalue weighted by atomic mass is 9.87.